The number of hydrogen-bond acceptors (Lipinski definition) is 5. The molecule has 1 aromatic heterocycles. The molecule has 0 aliphatic heterocycles. The molecule has 0 radical (unpaired) electrons. The van der Waals surface area contributed by atoms with Crippen LogP contribution in [0, 0.1) is 16.7 Å². The largest absolute Gasteiger partial charge is 0.573 e. The van der Waals surface area contributed by atoms with E-state index in [9.17, 15) is 18.4 Å². The van der Waals surface area contributed by atoms with E-state index >= 15 is 0 Å². The van der Waals surface area contributed by atoms with E-state index in [4.69, 9.17) is 9.26 Å². The van der Waals surface area contributed by atoms with Gasteiger partial charge >= 0.3 is 6.36 Å². The Morgan fingerprint density at radius 1 is 1.03 bits per heavy atom. The molecule has 5 nitrogen and oxygen atoms in total. The lowest BCUT2D eigenvalue weighted by molar-refractivity contribution is -0.274. The van der Waals surface area contributed by atoms with Gasteiger partial charge in [0.25, 0.3) is 0 Å². The normalized spacial score (nSPS) is 24.7. The van der Waals surface area contributed by atoms with E-state index in [2.05, 4.69) is 28.1 Å². The smallest absolute Gasteiger partial charge is 0.405 e. The molecule has 4 aliphatic rings. The second kappa shape index (κ2) is 9.87. The molecule has 4 aliphatic carbocycles. The van der Waals surface area contributed by atoms with Crippen molar-refractivity contribution in [2.75, 3.05) is 0 Å². The number of alkyl halides is 3. The number of allylic oxidation sites excluding steroid dienone is 1. The van der Waals surface area contributed by atoms with Crippen molar-refractivity contribution in [1.82, 2.24) is 5.16 Å². The maximum absolute atomic E-state index is 13.1. The van der Waals surface area contributed by atoms with Crippen LogP contribution in [0.15, 0.2) is 59.1 Å². The molecule has 3 aromatic rings. The quantitative estimate of drug-likeness (QED) is 0.291. The highest BCUT2D eigenvalue weighted by atomic mass is 19.4. The van der Waals surface area contributed by atoms with E-state index in [0.29, 0.717) is 17.0 Å². The highest BCUT2D eigenvalue weighted by Crippen LogP contribution is 2.55. The summed E-state index contributed by atoms with van der Waals surface area (Å²) < 4.78 is 55.9. The fraction of sp³-hybridized carbons (Fsp3) is 0.419. The zero-order valence-electron chi connectivity index (χ0n) is 21.5. The van der Waals surface area contributed by atoms with Crippen LogP contribution in [0.2, 0.25) is 0 Å². The Hall–Kier alpha value is -3.57. The van der Waals surface area contributed by atoms with Gasteiger partial charge in [-0.1, -0.05) is 41.6 Å². The standard InChI is InChI=1S/C31H29F3N2O3/c32-31(33,34)38-26-7-2-1-6-24(26)27-25(28(39-36-27)23-8-9-23)20-37-30-15-12-29(13-16-30,14-17-30)11-10-21-4-3-5-22(18-21)19-35/h1-7,10-11,18,23H,8-9,12-17,20H2/b11-10+. The Labute approximate surface area is 225 Å². The summed E-state index contributed by atoms with van der Waals surface area (Å²) in [4.78, 5) is 0. The van der Waals surface area contributed by atoms with Crippen molar-refractivity contribution in [2.45, 2.75) is 75.9 Å². The van der Waals surface area contributed by atoms with Crippen molar-refractivity contribution in [1.29, 1.82) is 5.26 Å². The second-order valence-corrected chi connectivity index (χ2v) is 11.1. The Morgan fingerprint density at radius 2 is 1.77 bits per heavy atom. The third-order valence-electron chi connectivity index (χ3n) is 8.54. The van der Waals surface area contributed by atoms with Gasteiger partial charge in [0, 0.05) is 17.0 Å². The van der Waals surface area contributed by atoms with Gasteiger partial charge in [0.05, 0.1) is 23.8 Å². The van der Waals surface area contributed by atoms with Crippen LogP contribution in [0.5, 0.6) is 5.75 Å². The molecule has 0 unspecified atom stereocenters. The Kier molecular flexibility index (Phi) is 6.50. The molecule has 1 heterocycles. The fourth-order valence-corrected chi connectivity index (χ4v) is 6.07. The summed E-state index contributed by atoms with van der Waals surface area (Å²) in [6.07, 6.45) is 7.37. The molecule has 0 spiro atoms. The first-order valence-corrected chi connectivity index (χ1v) is 13.4. The van der Waals surface area contributed by atoms with Gasteiger partial charge in [-0.15, -0.1) is 13.2 Å². The van der Waals surface area contributed by atoms with Crippen LogP contribution in [0.3, 0.4) is 0 Å². The number of hydrogen-bond donors (Lipinski definition) is 0. The highest BCUT2D eigenvalue weighted by molar-refractivity contribution is 5.70. The Morgan fingerprint density at radius 3 is 2.46 bits per heavy atom. The molecule has 0 N–H and O–H groups in total. The van der Waals surface area contributed by atoms with E-state index in [1.807, 2.05) is 18.2 Å². The van der Waals surface area contributed by atoms with Crippen LogP contribution in [0.1, 0.15) is 79.7 Å². The average molecular weight is 535 g/mol. The fourth-order valence-electron chi connectivity index (χ4n) is 6.07. The predicted molar refractivity (Wildman–Crippen MR) is 138 cm³/mol. The van der Waals surface area contributed by atoms with Gasteiger partial charge in [0.1, 0.15) is 17.2 Å². The maximum Gasteiger partial charge on any atom is 0.573 e. The molecule has 0 amide bonds. The minimum atomic E-state index is -4.81. The third kappa shape index (κ3) is 5.46. The average Bonchev–Trinajstić information content (AvgIpc) is 3.70. The molecule has 4 fully saturated rings. The number of halogens is 3. The zero-order chi connectivity index (χ0) is 27.1. The van der Waals surface area contributed by atoms with E-state index in [-0.39, 0.29) is 34.9 Å². The van der Waals surface area contributed by atoms with Gasteiger partial charge < -0.3 is 14.0 Å². The van der Waals surface area contributed by atoms with E-state index in [1.165, 1.54) is 12.1 Å². The first-order chi connectivity index (χ1) is 18.8. The van der Waals surface area contributed by atoms with Crippen LogP contribution in [-0.4, -0.2) is 17.1 Å². The lowest BCUT2D eigenvalue weighted by atomic mass is 9.58. The summed E-state index contributed by atoms with van der Waals surface area (Å²) in [6, 6.07) is 15.9. The zero-order valence-corrected chi connectivity index (χ0v) is 21.5. The van der Waals surface area contributed by atoms with E-state index in [1.54, 1.807) is 18.2 Å². The third-order valence-corrected chi connectivity index (χ3v) is 8.54. The van der Waals surface area contributed by atoms with Gasteiger partial charge in [-0.05, 0) is 86.6 Å². The summed E-state index contributed by atoms with van der Waals surface area (Å²) in [5.74, 6) is 0.645. The van der Waals surface area contributed by atoms with Crippen LogP contribution in [-0.2, 0) is 11.3 Å². The van der Waals surface area contributed by atoms with Gasteiger partial charge in [0.15, 0.2) is 0 Å². The van der Waals surface area contributed by atoms with Crippen LogP contribution in [0.4, 0.5) is 13.2 Å². The number of nitrogens with zero attached hydrogens (tertiary/aromatic N) is 2. The monoisotopic (exact) mass is 534 g/mol. The number of aromatic nitrogens is 1. The number of fused-ring (bicyclic) bond motifs is 3. The van der Waals surface area contributed by atoms with Crippen molar-refractivity contribution < 1.29 is 27.2 Å². The Balaban J connectivity index is 1.18. The summed E-state index contributed by atoms with van der Waals surface area (Å²) in [5.41, 5.74) is 2.89. The van der Waals surface area contributed by atoms with Gasteiger partial charge in [0.2, 0.25) is 0 Å². The van der Waals surface area contributed by atoms with Crippen molar-refractivity contribution in [2.24, 2.45) is 5.41 Å². The van der Waals surface area contributed by atoms with E-state index in [0.717, 1.165) is 62.5 Å². The van der Waals surface area contributed by atoms with Gasteiger partial charge in [-0.25, -0.2) is 0 Å². The molecule has 39 heavy (non-hydrogen) atoms. The molecule has 7 rings (SSSR count). The maximum atomic E-state index is 13.1. The highest BCUT2D eigenvalue weighted by Gasteiger charge is 2.48. The van der Waals surface area contributed by atoms with Crippen molar-refractivity contribution in [3.63, 3.8) is 0 Å². The molecule has 4 saturated carbocycles. The van der Waals surface area contributed by atoms with Crippen LogP contribution < -0.4 is 4.74 Å². The van der Waals surface area contributed by atoms with Crippen LogP contribution in [0.25, 0.3) is 17.3 Å². The number of benzene rings is 2. The van der Waals surface area contributed by atoms with Gasteiger partial charge in [-0.2, -0.15) is 5.26 Å². The van der Waals surface area contributed by atoms with Gasteiger partial charge in [-0.3, -0.25) is 0 Å². The summed E-state index contributed by atoms with van der Waals surface area (Å²) in [5, 5.41) is 13.4. The topological polar surface area (TPSA) is 68.3 Å². The lowest BCUT2D eigenvalue weighted by Crippen LogP contribution is -2.46. The molecule has 2 bridgehead atoms. The summed E-state index contributed by atoms with van der Waals surface area (Å²) in [7, 11) is 0. The summed E-state index contributed by atoms with van der Waals surface area (Å²) in [6.45, 7) is 0.245. The molecular formula is C31H29F3N2O3. The first-order valence-electron chi connectivity index (χ1n) is 13.4. The number of nitriles is 1. The van der Waals surface area contributed by atoms with E-state index < -0.39 is 6.36 Å². The molecular weight excluding hydrogens is 505 g/mol. The molecule has 0 atom stereocenters. The second-order valence-electron chi connectivity index (χ2n) is 11.1. The molecule has 2 aromatic carbocycles. The number of rotatable bonds is 8. The van der Waals surface area contributed by atoms with Crippen LogP contribution >= 0.6 is 0 Å². The number of para-hydroxylation sites is 1. The Bertz CT molecular complexity index is 1410. The molecule has 202 valence electrons. The van der Waals surface area contributed by atoms with Crippen molar-refractivity contribution >= 4 is 6.08 Å². The SMILES string of the molecule is N#Cc1cccc(/C=C/C23CCC(OCc4c(-c5ccccc5OC(F)(F)F)noc4C4CC4)(CC2)CC3)c1. The predicted octanol–water partition coefficient (Wildman–Crippen LogP) is 8.31. The molecule has 0 saturated heterocycles. The molecule has 8 heteroatoms. The first kappa shape index (κ1) is 25.7. The number of ether oxygens (including phenoxy) is 2. The van der Waals surface area contributed by atoms with Crippen molar-refractivity contribution in [3.8, 4) is 23.1 Å². The summed E-state index contributed by atoms with van der Waals surface area (Å²) >= 11 is 0. The van der Waals surface area contributed by atoms with Crippen molar-refractivity contribution in [3.05, 3.63) is 77.1 Å². The lowest BCUT2D eigenvalue weighted by Gasteiger charge is -2.52. The minimum absolute atomic E-state index is 0.128. The minimum Gasteiger partial charge on any atom is -0.405 e.